The molecule has 32 heavy (non-hydrogen) atoms. The van der Waals surface area contributed by atoms with Gasteiger partial charge in [0.2, 0.25) is 0 Å². The Kier molecular flexibility index (Phi) is 6.89. The average Bonchev–Trinajstić information content (AvgIpc) is 2.73. The number of hydrogen-bond donors (Lipinski definition) is 2. The molecule has 3 aromatic carbocycles. The lowest BCUT2D eigenvalue weighted by atomic mass is 10.1. The molecule has 0 saturated carbocycles. The van der Waals surface area contributed by atoms with E-state index in [1.807, 2.05) is 0 Å². The zero-order valence-electron chi connectivity index (χ0n) is 17.4. The summed E-state index contributed by atoms with van der Waals surface area (Å²) in [6, 6.07) is 16.2. The van der Waals surface area contributed by atoms with Crippen molar-refractivity contribution in [2.24, 2.45) is 0 Å². The van der Waals surface area contributed by atoms with Crippen molar-refractivity contribution in [1.82, 2.24) is 0 Å². The van der Waals surface area contributed by atoms with Crippen LogP contribution in [0.25, 0.3) is 0 Å². The van der Waals surface area contributed by atoms with Gasteiger partial charge in [0.1, 0.15) is 11.6 Å². The molecule has 0 bridgehead atoms. The van der Waals surface area contributed by atoms with Crippen molar-refractivity contribution in [2.75, 3.05) is 24.0 Å². The topological polar surface area (TPSA) is 102 Å². The van der Waals surface area contributed by atoms with Gasteiger partial charge in [-0.3, -0.25) is 9.59 Å². The van der Waals surface area contributed by atoms with Gasteiger partial charge in [0.05, 0.1) is 18.6 Å². The van der Waals surface area contributed by atoms with Gasteiger partial charge >= 0.3 is 0 Å². The van der Waals surface area contributed by atoms with Gasteiger partial charge in [-0.05, 0) is 54.1 Å². The van der Waals surface area contributed by atoms with Gasteiger partial charge in [-0.2, -0.15) is 0 Å². The number of methoxy groups -OCH3 is 1. The molecule has 0 aliphatic carbocycles. The van der Waals surface area contributed by atoms with E-state index >= 15 is 0 Å². The van der Waals surface area contributed by atoms with Crippen LogP contribution in [0.4, 0.5) is 15.8 Å². The minimum Gasteiger partial charge on any atom is -0.495 e. The zero-order valence-corrected chi connectivity index (χ0v) is 18.2. The lowest BCUT2D eigenvalue weighted by molar-refractivity contribution is 0.101. The summed E-state index contributed by atoms with van der Waals surface area (Å²) in [5.41, 5.74) is 1.74. The predicted molar refractivity (Wildman–Crippen MR) is 120 cm³/mol. The van der Waals surface area contributed by atoms with Gasteiger partial charge in [-0.15, -0.1) is 0 Å². The van der Waals surface area contributed by atoms with E-state index in [2.05, 4.69) is 10.6 Å². The Bertz CT molecular complexity index is 1260. The molecule has 0 fully saturated rings. The number of amides is 2. The smallest absolute Gasteiger partial charge is 0.255 e. The molecular formula is C23H21FN2O5S. The SMILES string of the molecule is COc1ccc(NC(=O)c2ccc(CS(C)(=O)=O)cc2)cc1NC(=O)c1cccc(F)c1. The number of carbonyl (C=O) groups is 2. The molecular weight excluding hydrogens is 435 g/mol. The van der Waals surface area contributed by atoms with E-state index in [-0.39, 0.29) is 11.3 Å². The molecule has 0 radical (unpaired) electrons. The minimum absolute atomic E-state index is 0.109. The molecule has 9 heteroatoms. The van der Waals surface area contributed by atoms with Gasteiger partial charge in [0.25, 0.3) is 11.8 Å². The van der Waals surface area contributed by atoms with Crippen LogP contribution in [-0.2, 0) is 15.6 Å². The third-order valence-corrected chi connectivity index (χ3v) is 5.30. The number of sulfone groups is 1. The maximum atomic E-state index is 13.4. The fourth-order valence-electron chi connectivity index (χ4n) is 2.97. The van der Waals surface area contributed by atoms with Gasteiger partial charge in [0, 0.05) is 23.1 Å². The van der Waals surface area contributed by atoms with Gasteiger partial charge in [-0.1, -0.05) is 18.2 Å². The Labute approximate surface area is 185 Å². The summed E-state index contributed by atoms with van der Waals surface area (Å²) in [6.07, 6.45) is 1.14. The number of anilines is 2. The van der Waals surface area contributed by atoms with Crippen LogP contribution in [-0.4, -0.2) is 33.6 Å². The van der Waals surface area contributed by atoms with Gasteiger partial charge in [-0.25, -0.2) is 12.8 Å². The van der Waals surface area contributed by atoms with Crippen molar-refractivity contribution in [3.8, 4) is 5.75 Å². The zero-order chi connectivity index (χ0) is 23.3. The second-order valence-corrected chi connectivity index (χ2v) is 9.24. The van der Waals surface area contributed by atoms with Crippen molar-refractivity contribution in [3.63, 3.8) is 0 Å². The first kappa shape index (κ1) is 23.0. The summed E-state index contributed by atoms with van der Waals surface area (Å²) in [5.74, 6) is -1.23. The molecule has 2 amide bonds. The van der Waals surface area contributed by atoms with Crippen LogP contribution in [0.15, 0.2) is 66.7 Å². The number of nitrogens with one attached hydrogen (secondary N) is 2. The predicted octanol–water partition coefficient (Wildman–Crippen LogP) is 3.88. The quantitative estimate of drug-likeness (QED) is 0.562. The maximum absolute atomic E-state index is 13.4. The number of benzene rings is 3. The van der Waals surface area contributed by atoms with E-state index in [1.165, 1.54) is 43.5 Å². The molecule has 0 aromatic heterocycles. The van der Waals surface area contributed by atoms with Crippen LogP contribution >= 0.6 is 0 Å². The van der Waals surface area contributed by atoms with E-state index in [0.717, 1.165) is 12.3 Å². The molecule has 0 heterocycles. The lowest BCUT2D eigenvalue weighted by Crippen LogP contribution is -2.15. The number of carbonyl (C=O) groups excluding carboxylic acids is 2. The van der Waals surface area contributed by atoms with Crippen LogP contribution in [0.5, 0.6) is 5.75 Å². The third-order valence-electron chi connectivity index (χ3n) is 4.44. The molecule has 166 valence electrons. The monoisotopic (exact) mass is 456 g/mol. The molecule has 0 unspecified atom stereocenters. The average molecular weight is 456 g/mol. The van der Waals surface area contributed by atoms with E-state index in [4.69, 9.17) is 4.74 Å². The fourth-order valence-corrected chi connectivity index (χ4v) is 3.76. The Morgan fingerprint density at radius 2 is 1.59 bits per heavy atom. The summed E-state index contributed by atoms with van der Waals surface area (Å²) in [7, 11) is -1.74. The van der Waals surface area contributed by atoms with Crippen molar-refractivity contribution in [3.05, 3.63) is 89.2 Å². The fraction of sp³-hybridized carbons (Fsp3) is 0.130. The summed E-state index contributed by atoms with van der Waals surface area (Å²) in [6.45, 7) is 0. The molecule has 7 nitrogen and oxygen atoms in total. The van der Waals surface area contributed by atoms with Crippen LogP contribution < -0.4 is 15.4 Å². The first-order chi connectivity index (χ1) is 15.1. The van der Waals surface area contributed by atoms with E-state index < -0.39 is 27.5 Å². The minimum atomic E-state index is -3.17. The molecule has 0 saturated heterocycles. The van der Waals surface area contributed by atoms with Crippen molar-refractivity contribution >= 4 is 33.0 Å². The Morgan fingerprint density at radius 1 is 0.906 bits per heavy atom. The summed E-state index contributed by atoms with van der Waals surface area (Å²) in [5, 5.41) is 5.36. The summed E-state index contributed by atoms with van der Waals surface area (Å²) in [4.78, 5) is 25.0. The highest BCUT2D eigenvalue weighted by atomic mass is 32.2. The van der Waals surface area contributed by atoms with E-state index in [1.54, 1.807) is 24.3 Å². The van der Waals surface area contributed by atoms with Crippen molar-refractivity contribution in [2.45, 2.75) is 5.75 Å². The number of rotatable bonds is 7. The second kappa shape index (κ2) is 9.61. The standard InChI is InChI=1S/C23H21FN2O5S/c1-31-21-11-10-19(13-20(21)26-23(28)17-4-3-5-18(24)12-17)25-22(27)16-8-6-15(7-9-16)14-32(2,29)30/h3-13H,14H2,1-2H3,(H,25,27)(H,26,28). The molecule has 2 N–H and O–H groups in total. The third kappa shape index (κ3) is 6.14. The summed E-state index contributed by atoms with van der Waals surface area (Å²) < 4.78 is 41.4. The highest BCUT2D eigenvalue weighted by Crippen LogP contribution is 2.28. The second-order valence-electron chi connectivity index (χ2n) is 7.10. The molecule has 0 aliphatic rings. The summed E-state index contributed by atoms with van der Waals surface area (Å²) >= 11 is 0. The highest BCUT2D eigenvalue weighted by Gasteiger charge is 2.13. The van der Waals surface area contributed by atoms with E-state index in [9.17, 15) is 22.4 Å². The Hall–Kier alpha value is -3.72. The first-order valence-corrected chi connectivity index (χ1v) is 11.5. The van der Waals surface area contributed by atoms with Gasteiger partial charge in [0.15, 0.2) is 9.84 Å². The largest absolute Gasteiger partial charge is 0.495 e. The van der Waals surface area contributed by atoms with Crippen LogP contribution in [0, 0.1) is 5.82 Å². The van der Waals surface area contributed by atoms with Gasteiger partial charge < -0.3 is 15.4 Å². The van der Waals surface area contributed by atoms with Crippen LogP contribution in [0.2, 0.25) is 0 Å². The number of halogens is 1. The van der Waals surface area contributed by atoms with E-state index in [0.29, 0.717) is 28.3 Å². The number of hydrogen-bond acceptors (Lipinski definition) is 5. The Balaban J connectivity index is 1.76. The lowest BCUT2D eigenvalue weighted by Gasteiger charge is -2.13. The number of ether oxygens (including phenoxy) is 1. The van der Waals surface area contributed by atoms with Crippen molar-refractivity contribution in [1.29, 1.82) is 0 Å². The van der Waals surface area contributed by atoms with Crippen LogP contribution in [0.1, 0.15) is 26.3 Å². The molecule has 0 aliphatic heterocycles. The van der Waals surface area contributed by atoms with Crippen molar-refractivity contribution < 1.29 is 27.1 Å². The molecule has 3 aromatic rings. The maximum Gasteiger partial charge on any atom is 0.255 e. The normalized spacial score (nSPS) is 11.0. The van der Waals surface area contributed by atoms with Crippen LogP contribution in [0.3, 0.4) is 0 Å². The Morgan fingerprint density at radius 3 is 2.22 bits per heavy atom. The highest BCUT2D eigenvalue weighted by molar-refractivity contribution is 7.89. The molecule has 0 spiro atoms. The molecule has 0 atom stereocenters. The first-order valence-electron chi connectivity index (χ1n) is 9.47. The molecule has 3 rings (SSSR count).